The number of benzene rings is 2. The molecule has 0 spiro atoms. The second kappa shape index (κ2) is 9.36. The van der Waals surface area contributed by atoms with Crippen molar-refractivity contribution >= 4 is 17.5 Å². The standard InChI is InChI=1S/C22H21N3O4/c1-28-18-9-7-17(8-10-18)25-22(27)19-13-15(11-12-23-19)21(26)24-14-16-5-3-4-6-20(16)29-2/h3-13H,14H2,1-2H3,(H,24,26)(H,25,27). The average molecular weight is 391 g/mol. The van der Waals surface area contributed by atoms with Crippen LogP contribution in [0.3, 0.4) is 0 Å². The molecule has 0 unspecified atom stereocenters. The first kappa shape index (κ1) is 19.9. The van der Waals surface area contributed by atoms with Gasteiger partial charge in [0.2, 0.25) is 0 Å². The molecule has 148 valence electrons. The van der Waals surface area contributed by atoms with Crippen LogP contribution in [-0.4, -0.2) is 31.0 Å². The zero-order valence-electron chi connectivity index (χ0n) is 16.1. The monoisotopic (exact) mass is 391 g/mol. The van der Waals surface area contributed by atoms with E-state index in [0.29, 0.717) is 29.3 Å². The predicted molar refractivity (Wildman–Crippen MR) is 109 cm³/mol. The zero-order valence-corrected chi connectivity index (χ0v) is 16.1. The van der Waals surface area contributed by atoms with Crippen molar-refractivity contribution in [2.45, 2.75) is 6.54 Å². The Morgan fingerprint density at radius 3 is 2.41 bits per heavy atom. The van der Waals surface area contributed by atoms with Gasteiger partial charge in [0, 0.05) is 29.6 Å². The van der Waals surface area contributed by atoms with Crippen molar-refractivity contribution in [3.05, 3.63) is 83.7 Å². The molecule has 0 aliphatic rings. The topological polar surface area (TPSA) is 89.5 Å². The highest BCUT2D eigenvalue weighted by atomic mass is 16.5. The number of pyridine rings is 1. The number of para-hydroxylation sites is 1. The van der Waals surface area contributed by atoms with Crippen molar-refractivity contribution in [3.63, 3.8) is 0 Å². The number of hydrogen-bond acceptors (Lipinski definition) is 5. The normalized spacial score (nSPS) is 10.1. The number of anilines is 1. The Bertz CT molecular complexity index is 1000. The molecular weight excluding hydrogens is 370 g/mol. The Balaban J connectivity index is 1.66. The number of carbonyl (C=O) groups is 2. The van der Waals surface area contributed by atoms with Gasteiger partial charge >= 0.3 is 0 Å². The molecule has 0 atom stereocenters. The van der Waals surface area contributed by atoms with Crippen LogP contribution in [0.2, 0.25) is 0 Å². The van der Waals surface area contributed by atoms with Crippen molar-refractivity contribution in [3.8, 4) is 11.5 Å². The van der Waals surface area contributed by atoms with Crippen molar-refractivity contribution in [2.75, 3.05) is 19.5 Å². The molecule has 0 bridgehead atoms. The number of amides is 2. The summed E-state index contributed by atoms with van der Waals surface area (Å²) in [6.07, 6.45) is 1.43. The molecule has 2 aromatic carbocycles. The van der Waals surface area contributed by atoms with Crippen molar-refractivity contribution in [1.29, 1.82) is 0 Å². The van der Waals surface area contributed by atoms with Crippen LogP contribution >= 0.6 is 0 Å². The summed E-state index contributed by atoms with van der Waals surface area (Å²) in [7, 11) is 3.15. The van der Waals surface area contributed by atoms with E-state index < -0.39 is 5.91 Å². The fraction of sp³-hybridized carbons (Fsp3) is 0.136. The fourth-order valence-corrected chi connectivity index (χ4v) is 2.69. The van der Waals surface area contributed by atoms with Gasteiger partial charge in [-0.25, -0.2) is 0 Å². The average Bonchev–Trinajstić information content (AvgIpc) is 2.78. The van der Waals surface area contributed by atoms with Gasteiger partial charge in [0.05, 0.1) is 14.2 Å². The first-order valence-electron chi connectivity index (χ1n) is 8.92. The van der Waals surface area contributed by atoms with Crippen LogP contribution in [0.15, 0.2) is 66.9 Å². The van der Waals surface area contributed by atoms with Crippen LogP contribution in [0.5, 0.6) is 11.5 Å². The van der Waals surface area contributed by atoms with E-state index in [2.05, 4.69) is 15.6 Å². The van der Waals surface area contributed by atoms with Gasteiger partial charge in [0.25, 0.3) is 11.8 Å². The van der Waals surface area contributed by atoms with Gasteiger partial charge in [-0.2, -0.15) is 0 Å². The molecule has 1 aromatic heterocycles. The summed E-state index contributed by atoms with van der Waals surface area (Å²) in [4.78, 5) is 29.0. The Morgan fingerprint density at radius 1 is 0.931 bits per heavy atom. The predicted octanol–water partition coefficient (Wildman–Crippen LogP) is 3.28. The SMILES string of the molecule is COc1ccc(NC(=O)c2cc(C(=O)NCc3ccccc3OC)ccn2)cc1. The number of carbonyl (C=O) groups excluding carboxylic acids is 2. The maximum absolute atomic E-state index is 12.5. The molecule has 0 fully saturated rings. The Kier molecular flexibility index (Phi) is 6.42. The number of rotatable bonds is 7. The molecule has 0 aliphatic carbocycles. The fourth-order valence-electron chi connectivity index (χ4n) is 2.69. The molecule has 2 amide bonds. The lowest BCUT2D eigenvalue weighted by atomic mass is 10.1. The van der Waals surface area contributed by atoms with Crippen molar-refractivity contribution in [1.82, 2.24) is 10.3 Å². The number of nitrogens with one attached hydrogen (secondary N) is 2. The Morgan fingerprint density at radius 2 is 1.69 bits per heavy atom. The number of methoxy groups -OCH3 is 2. The summed E-state index contributed by atoms with van der Waals surface area (Å²) in [6.45, 7) is 0.304. The van der Waals surface area contributed by atoms with E-state index >= 15 is 0 Å². The third-order valence-corrected chi connectivity index (χ3v) is 4.23. The molecule has 3 rings (SSSR count). The molecule has 29 heavy (non-hydrogen) atoms. The van der Waals surface area contributed by atoms with Crippen molar-refractivity contribution in [2.24, 2.45) is 0 Å². The second-order valence-corrected chi connectivity index (χ2v) is 6.11. The van der Waals surface area contributed by atoms with Crippen molar-refractivity contribution < 1.29 is 19.1 Å². The third kappa shape index (κ3) is 5.10. The molecular formula is C22H21N3O4. The largest absolute Gasteiger partial charge is 0.497 e. The minimum absolute atomic E-state index is 0.144. The van der Waals surface area contributed by atoms with Crippen LogP contribution in [-0.2, 0) is 6.54 Å². The van der Waals surface area contributed by atoms with Gasteiger partial charge in [-0.1, -0.05) is 18.2 Å². The molecule has 7 heteroatoms. The van der Waals surface area contributed by atoms with Gasteiger partial charge in [0.1, 0.15) is 17.2 Å². The van der Waals surface area contributed by atoms with Crippen LogP contribution in [0.25, 0.3) is 0 Å². The Labute approximate surface area is 168 Å². The quantitative estimate of drug-likeness (QED) is 0.645. The number of nitrogens with zero attached hydrogens (tertiary/aromatic N) is 1. The maximum Gasteiger partial charge on any atom is 0.274 e. The third-order valence-electron chi connectivity index (χ3n) is 4.23. The van der Waals surface area contributed by atoms with Crippen LogP contribution in [0.1, 0.15) is 26.4 Å². The lowest BCUT2D eigenvalue weighted by Crippen LogP contribution is -2.24. The molecule has 0 aliphatic heterocycles. The van der Waals surface area contributed by atoms with Gasteiger partial charge in [0.15, 0.2) is 0 Å². The van der Waals surface area contributed by atoms with E-state index in [4.69, 9.17) is 9.47 Å². The van der Waals surface area contributed by atoms with E-state index in [1.165, 1.54) is 12.3 Å². The first-order valence-corrected chi connectivity index (χ1v) is 8.92. The summed E-state index contributed by atoms with van der Waals surface area (Å²) < 4.78 is 10.4. The molecule has 7 nitrogen and oxygen atoms in total. The van der Waals surface area contributed by atoms with E-state index in [-0.39, 0.29) is 11.6 Å². The second-order valence-electron chi connectivity index (χ2n) is 6.11. The van der Waals surface area contributed by atoms with Gasteiger partial charge in [-0.05, 0) is 42.5 Å². The van der Waals surface area contributed by atoms with Crippen LogP contribution in [0, 0.1) is 0 Å². The maximum atomic E-state index is 12.5. The molecule has 0 saturated carbocycles. The van der Waals surface area contributed by atoms with E-state index in [1.807, 2.05) is 24.3 Å². The first-order chi connectivity index (χ1) is 14.1. The van der Waals surface area contributed by atoms with Gasteiger partial charge < -0.3 is 20.1 Å². The molecule has 0 saturated heterocycles. The summed E-state index contributed by atoms with van der Waals surface area (Å²) in [5.74, 6) is 0.670. The van der Waals surface area contributed by atoms with Crippen LogP contribution in [0.4, 0.5) is 5.69 Å². The highest BCUT2D eigenvalue weighted by molar-refractivity contribution is 6.04. The highest BCUT2D eigenvalue weighted by Crippen LogP contribution is 2.17. The summed E-state index contributed by atoms with van der Waals surface area (Å²) in [6, 6.07) is 17.4. The Hall–Kier alpha value is -3.87. The van der Waals surface area contributed by atoms with Crippen LogP contribution < -0.4 is 20.1 Å². The van der Waals surface area contributed by atoms with E-state index in [9.17, 15) is 9.59 Å². The summed E-state index contributed by atoms with van der Waals surface area (Å²) in [5.41, 5.74) is 1.94. The smallest absolute Gasteiger partial charge is 0.274 e. The number of aromatic nitrogens is 1. The molecule has 3 aromatic rings. The highest BCUT2D eigenvalue weighted by Gasteiger charge is 2.13. The lowest BCUT2D eigenvalue weighted by Gasteiger charge is -2.10. The van der Waals surface area contributed by atoms with Gasteiger partial charge in [-0.3, -0.25) is 14.6 Å². The van der Waals surface area contributed by atoms with E-state index in [0.717, 1.165) is 5.56 Å². The van der Waals surface area contributed by atoms with Gasteiger partial charge in [-0.15, -0.1) is 0 Å². The lowest BCUT2D eigenvalue weighted by molar-refractivity contribution is 0.0950. The minimum atomic E-state index is -0.408. The zero-order chi connectivity index (χ0) is 20.6. The number of ether oxygens (including phenoxy) is 2. The molecule has 1 heterocycles. The summed E-state index contributed by atoms with van der Waals surface area (Å²) in [5, 5.41) is 5.57. The van der Waals surface area contributed by atoms with E-state index in [1.54, 1.807) is 44.6 Å². The summed E-state index contributed by atoms with van der Waals surface area (Å²) >= 11 is 0. The number of hydrogen-bond donors (Lipinski definition) is 2. The molecule has 0 radical (unpaired) electrons. The molecule has 2 N–H and O–H groups in total. The minimum Gasteiger partial charge on any atom is -0.497 e.